The zero-order valence-corrected chi connectivity index (χ0v) is 9.46. The number of hydrogen-bond acceptors (Lipinski definition) is 2. The smallest absolute Gasteiger partial charge is 0.0548 e. The zero-order valence-electron chi connectivity index (χ0n) is 8.65. The highest BCUT2D eigenvalue weighted by atomic mass is 32.2. The number of hydrogen-bond donors (Lipinski definition) is 1. The molecule has 14 heavy (non-hydrogen) atoms. The van der Waals surface area contributed by atoms with Gasteiger partial charge >= 0.3 is 0 Å². The van der Waals surface area contributed by atoms with Crippen molar-refractivity contribution in [3.63, 3.8) is 0 Å². The quantitative estimate of drug-likeness (QED) is 0.727. The monoisotopic (exact) mass is 210 g/mol. The molecule has 2 heteroatoms. The molecule has 0 aliphatic rings. The van der Waals surface area contributed by atoms with Gasteiger partial charge in [-0.1, -0.05) is 31.5 Å². The van der Waals surface area contributed by atoms with E-state index in [2.05, 4.69) is 19.1 Å². The average Bonchev–Trinajstić information content (AvgIpc) is 2.20. The van der Waals surface area contributed by atoms with Gasteiger partial charge in [-0.05, 0) is 25.0 Å². The highest BCUT2D eigenvalue weighted by Gasteiger charge is 2.02. The van der Waals surface area contributed by atoms with E-state index >= 15 is 0 Å². The maximum Gasteiger partial charge on any atom is 0.0548 e. The predicted molar refractivity (Wildman–Crippen MR) is 62.7 cm³/mol. The molecule has 0 aliphatic carbocycles. The number of benzene rings is 1. The molecule has 1 rings (SSSR count). The molecular weight excluding hydrogens is 192 g/mol. The fourth-order valence-corrected chi connectivity index (χ4v) is 2.28. The normalized spacial score (nSPS) is 12.7. The molecule has 0 saturated carbocycles. The lowest BCUT2D eigenvalue weighted by Gasteiger charge is -2.08. The SMILES string of the molecule is CCC[C@H](O)CCSc1ccccc1. The number of aliphatic hydroxyl groups excluding tert-OH is 1. The van der Waals surface area contributed by atoms with Gasteiger partial charge in [-0.2, -0.15) is 0 Å². The Hall–Kier alpha value is -0.470. The van der Waals surface area contributed by atoms with E-state index in [4.69, 9.17) is 0 Å². The lowest BCUT2D eigenvalue weighted by molar-refractivity contribution is 0.160. The molecule has 0 fully saturated rings. The van der Waals surface area contributed by atoms with Crippen LogP contribution in [0.2, 0.25) is 0 Å². The van der Waals surface area contributed by atoms with E-state index in [0.29, 0.717) is 0 Å². The van der Waals surface area contributed by atoms with Crippen LogP contribution in [-0.4, -0.2) is 17.0 Å². The first-order valence-electron chi connectivity index (χ1n) is 5.19. The molecule has 0 bridgehead atoms. The van der Waals surface area contributed by atoms with E-state index in [1.54, 1.807) is 0 Å². The van der Waals surface area contributed by atoms with Gasteiger partial charge in [-0.15, -0.1) is 11.8 Å². The molecule has 1 nitrogen and oxygen atoms in total. The van der Waals surface area contributed by atoms with E-state index in [9.17, 15) is 5.11 Å². The van der Waals surface area contributed by atoms with Gasteiger partial charge < -0.3 is 5.11 Å². The first-order chi connectivity index (χ1) is 6.83. The third kappa shape index (κ3) is 4.68. The molecule has 0 spiro atoms. The summed E-state index contributed by atoms with van der Waals surface area (Å²) in [6.45, 7) is 2.10. The number of rotatable bonds is 6. The Morgan fingerprint density at radius 1 is 1.21 bits per heavy atom. The van der Waals surface area contributed by atoms with E-state index in [1.807, 2.05) is 30.0 Å². The molecule has 0 amide bonds. The van der Waals surface area contributed by atoms with Crippen LogP contribution in [0.5, 0.6) is 0 Å². The number of thioether (sulfide) groups is 1. The van der Waals surface area contributed by atoms with Crippen molar-refractivity contribution in [2.75, 3.05) is 5.75 Å². The van der Waals surface area contributed by atoms with Crippen LogP contribution in [0, 0.1) is 0 Å². The van der Waals surface area contributed by atoms with Crippen LogP contribution in [0.15, 0.2) is 35.2 Å². The van der Waals surface area contributed by atoms with Gasteiger partial charge in [-0.25, -0.2) is 0 Å². The van der Waals surface area contributed by atoms with E-state index in [1.165, 1.54) is 4.90 Å². The van der Waals surface area contributed by atoms with Gasteiger partial charge in [0.15, 0.2) is 0 Å². The van der Waals surface area contributed by atoms with Crippen LogP contribution in [0.25, 0.3) is 0 Å². The molecule has 0 aromatic heterocycles. The zero-order chi connectivity index (χ0) is 10.2. The third-order valence-corrected chi connectivity index (χ3v) is 3.13. The van der Waals surface area contributed by atoms with Crippen molar-refractivity contribution < 1.29 is 5.11 Å². The van der Waals surface area contributed by atoms with Gasteiger partial charge in [0, 0.05) is 10.6 Å². The topological polar surface area (TPSA) is 20.2 Å². The summed E-state index contributed by atoms with van der Waals surface area (Å²) in [6.07, 6.45) is 2.77. The van der Waals surface area contributed by atoms with Crippen molar-refractivity contribution in [2.24, 2.45) is 0 Å². The molecule has 0 unspecified atom stereocenters. The van der Waals surface area contributed by atoms with Crippen LogP contribution in [0.1, 0.15) is 26.2 Å². The van der Waals surface area contributed by atoms with Crippen LogP contribution in [0.3, 0.4) is 0 Å². The molecule has 1 aromatic carbocycles. The summed E-state index contributed by atoms with van der Waals surface area (Å²) in [5.41, 5.74) is 0. The second-order valence-electron chi connectivity index (χ2n) is 3.39. The minimum absolute atomic E-state index is 0.115. The highest BCUT2D eigenvalue weighted by Crippen LogP contribution is 2.19. The minimum Gasteiger partial charge on any atom is -0.393 e. The van der Waals surface area contributed by atoms with Crippen LogP contribution in [-0.2, 0) is 0 Å². The Kier molecular flexibility index (Phi) is 5.72. The molecular formula is C12H18OS. The maximum absolute atomic E-state index is 9.51. The summed E-state index contributed by atoms with van der Waals surface area (Å²) < 4.78 is 0. The molecule has 0 saturated heterocycles. The van der Waals surface area contributed by atoms with Crippen LogP contribution >= 0.6 is 11.8 Å². The standard InChI is InChI=1S/C12H18OS/c1-2-6-11(13)9-10-14-12-7-4-3-5-8-12/h3-5,7-8,11,13H,2,6,9-10H2,1H3/t11-/m0/s1. The van der Waals surface area contributed by atoms with Crippen molar-refractivity contribution in [3.05, 3.63) is 30.3 Å². The predicted octanol–water partition coefficient (Wildman–Crippen LogP) is 3.33. The summed E-state index contributed by atoms with van der Waals surface area (Å²) in [5, 5.41) is 9.51. The Balaban J connectivity index is 2.16. The average molecular weight is 210 g/mol. The van der Waals surface area contributed by atoms with Crippen molar-refractivity contribution in [2.45, 2.75) is 37.2 Å². The summed E-state index contributed by atoms with van der Waals surface area (Å²) in [5.74, 6) is 1.01. The molecule has 1 atom stereocenters. The van der Waals surface area contributed by atoms with Crippen LogP contribution in [0.4, 0.5) is 0 Å². The fourth-order valence-electron chi connectivity index (χ4n) is 1.31. The Labute approximate surface area is 90.5 Å². The van der Waals surface area contributed by atoms with Crippen molar-refractivity contribution in [3.8, 4) is 0 Å². The Bertz CT molecular complexity index is 235. The minimum atomic E-state index is -0.115. The number of aliphatic hydroxyl groups is 1. The van der Waals surface area contributed by atoms with Crippen LogP contribution < -0.4 is 0 Å². The lowest BCUT2D eigenvalue weighted by Crippen LogP contribution is -2.06. The van der Waals surface area contributed by atoms with Crippen molar-refractivity contribution in [1.82, 2.24) is 0 Å². The summed E-state index contributed by atoms with van der Waals surface area (Å²) in [6, 6.07) is 10.3. The first-order valence-corrected chi connectivity index (χ1v) is 6.17. The maximum atomic E-state index is 9.51. The van der Waals surface area contributed by atoms with E-state index in [-0.39, 0.29) is 6.10 Å². The van der Waals surface area contributed by atoms with Gasteiger partial charge in [0.1, 0.15) is 0 Å². The second kappa shape index (κ2) is 6.91. The molecule has 0 radical (unpaired) electrons. The van der Waals surface area contributed by atoms with Gasteiger partial charge in [0.25, 0.3) is 0 Å². The van der Waals surface area contributed by atoms with E-state index < -0.39 is 0 Å². The molecule has 1 N–H and O–H groups in total. The second-order valence-corrected chi connectivity index (χ2v) is 4.56. The summed E-state index contributed by atoms with van der Waals surface area (Å²) >= 11 is 1.81. The van der Waals surface area contributed by atoms with Crippen molar-refractivity contribution in [1.29, 1.82) is 0 Å². The molecule has 1 aromatic rings. The summed E-state index contributed by atoms with van der Waals surface area (Å²) in [4.78, 5) is 1.29. The van der Waals surface area contributed by atoms with Gasteiger partial charge in [0.2, 0.25) is 0 Å². The summed E-state index contributed by atoms with van der Waals surface area (Å²) in [7, 11) is 0. The molecule has 0 aliphatic heterocycles. The van der Waals surface area contributed by atoms with E-state index in [0.717, 1.165) is 25.0 Å². The molecule has 78 valence electrons. The highest BCUT2D eigenvalue weighted by molar-refractivity contribution is 7.99. The lowest BCUT2D eigenvalue weighted by atomic mass is 10.2. The fraction of sp³-hybridized carbons (Fsp3) is 0.500. The largest absolute Gasteiger partial charge is 0.393 e. The third-order valence-electron chi connectivity index (χ3n) is 2.08. The van der Waals surface area contributed by atoms with Crippen molar-refractivity contribution >= 4 is 11.8 Å². The van der Waals surface area contributed by atoms with Gasteiger partial charge in [0.05, 0.1) is 6.10 Å². The first kappa shape index (κ1) is 11.6. The molecule has 0 heterocycles. The van der Waals surface area contributed by atoms with Gasteiger partial charge in [-0.3, -0.25) is 0 Å². The Morgan fingerprint density at radius 2 is 1.93 bits per heavy atom. The Morgan fingerprint density at radius 3 is 2.57 bits per heavy atom.